The van der Waals surface area contributed by atoms with Gasteiger partial charge in [0, 0.05) is 6.42 Å². The molecule has 0 aromatic heterocycles. The molecule has 106 valence electrons. The number of rotatable bonds is 10. The quantitative estimate of drug-likeness (QED) is 0.354. The second-order valence-electron chi connectivity index (χ2n) is 4.36. The van der Waals surface area contributed by atoms with Crippen LogP contribution in [0, 0.1) is 0 Å². The number of aliphatic hydroxyl groups is 2. The summed E-state index contributed by atoms with van der Waals surface area (Å²) < 4.78 is 4.36. The Labute approximate surface area is 108 Å². The van der Waals surface area contributed by atoms with Crippen LogP contribution in [0.5, 0.6) is 0 Å². The summed E-state index contributed by atoms with van der Waals surface area (Å²) in [5.74, 6) is -1.72. The summed E-state index contributed by atoms with van der Waals surface area (Å²) >= 11 is 0. The van der Waals surface area contributed by atoms with Crippen LogP contribution >= 0.6 is 0 Å². The second kappa shape index (κ2) is 11.2. The summed E-state index contributed by atoms with van der Waals surface area (Å²) in [6.45, 7) is 1.43. The first-order valence-electron chi connectivity index (χ1n) is 6.65. The Morgan fingerprint density at radius 1 is 1.06 bits per heavy atom. The summed E-state index contributed by atoms with van der Waals surface area (Å²) in [7, 11) is 0. The van der Waals surface area contributed by atoms with Gasteiger partial charge < -0.3 is 14.9 Å². The number of hydrogen-bond donors (Lipinski definition) is 2. The van der Waals surface area contributed by atoms with Crippen LogP contribution in [-0.2, 0) is 14.3 Å². The SMILES string of the molecule is CCCCCCCCCC(=O)OC(=O)C(O)CO. The zero-order valence-electron chi connectivity index (χ0n) is 11.1. The van der Waals surface area contributed by atoms with Gasteiger partial charge in [0.25, 0.3) is 0 Å². The van der Waals surface area contributed by atoms with Crippen molar-refractivity contribution in [1.82, 2.24) is 0 Å². The molecule has 0 radical (unpaired) electrons. The van der Waals surface area contributed by atoms with Gasteiger partial charge in [0.1, 0.15) is 0 Å². The van der Waals surface area contributed by atoms with Crippen molar-refractivity contribution in [2.75, 3.05) is 6.61 Å². The standard InChI is InChI=1S/C13H24O5/c1-2-3-4-5-6-7-8-9-12(16)18-13(17)11(15)10-14/h11,14-15H,2-10H2,1H3. The Bertz CT molecular complexity index is 240. The third-order valence-corrected chi connectivity index (χ3v) is 2.64. The summed E-state index contributed by atoms with van der Waals surface area (Å²) in [5, 5.41) is 17.4. The van der Waals surface area contributed by atoms with Crippen molar-refractivity contribution in [3.05, 3.63) is 0 Å². The number of hydrogen-bond acceptors (Lipinski definition) is 5. The summed E-state index contributed by atoms with van der Waals surface area (Å²) in [5.41, 5.74) is 0. The van der Waals surface area contributed by atoms with Gasteiger partial charge in [-0.1, -0.05) is 45.4 Å². The van der Waals surface area contributed by atoms with E-state index in [1.165, 1.54) is 25.7 Å². The topological polar surface area (TPSA) is 83.8 Å². The molecule has 5 heteroatoms. The normalized spacial score (nSPS) is 12.2. The van der Waals surface area contributed by atoms with Crippen LogP contribution in [0.1, 0.15) is 58.3 Å². The van der Waals surface area contributed by atoms with Crippen molar-refractivity contribution in [1.29, 1.82) is 0 Å². The molecule has 1 unspecified atom stereocenters. The first-order valence-corrected chi connectivity index (χ1v) is 6.65. The molecule has 0 aromatic carbocycles. The summed E-state index contributed by atoms with van der Waals surface area (Å²) in [6.07, 6.45) is 6.12. The third kappa shape index (κ3) is 9.13. The maximum atomic E-state index is 11.2. The summed E-state index contributed by atoms with van der Waals surface area (Å²) in [6, 6.07) is 0. The molecule has 0 spiro atoms. The fourth-order valence-electron chi connectivity index (χ4n) is 1.53. The average Bonchev–Trinajstić information content (AvgIpc) is 2.36. The Morgan fingerprint density at radius 3 is 2.17 bits per heavy atom. The number of ether oxygens (including phenoxy) is 1. The first-order chi connectivity index (χ1) is 8.61. The molecule has 0 aliphatic heterocycles. The van der Waals surface area contributed by atoms with Gasteiger partial charge in [-0.15, -0.1) is 0 Å². The average molecular weight is 260 g/mol. The van der Waals surface area contributed by atoms with Crippen molar-refractivity contribution >= 4 is 11.9 Å². The van der Waals surface area contributed by atoms with Gasteiger partial charge in [-0.05, 0) is 6.42 Å². The van der Waals surface area contributed by atoms with Gasteiger partial charge in [0.15, 0.2) is 6.10 Å². The smallest absolute Gasteiger partial charge is 0.345 e. The van der Waals surface area contributed by atoms with Gasteiger partial charge >= 0.3 is 11.9 Å². The molecule has 0 saturated heterocycles. The molecule has 0 amide bonds. The second-order valence-corrected chi connectivity index (χ2v) is 4.36. The monoisotopic (exact) mass is 260 g/mol. The Kier molecular flexibility index (Phi) is 10.6. The van der Waals surface area contributed by atoms with Crippen LogP contribution in [0.15, 0.2) is 0 Å². The van der Waals surface area contributed by atoms with E-state index >= 15 is 0 Å². The van der Waals surface area contributed by atoms with E-state index in [1.807, 2.05) is 0 Å². The first kappa shape index (κ1) is 17.1. The molecule has 0 saturated carbocycles. The zero-order chi connectivity index (χ0) is 13.8. The van der Waals surface area contributed by atoms with E-state index in [9.17, 15) is 9.59 Å². The fourth-order valence-corrected chi connectivity index (χ4v) is 1.53. The minimum Gasteiger partial charge on any atom is -0.393 e. The zero-order valence-corrected chi connectivity index (χ0v) is 11.1. The lowest BCUT2D eigenvalue weighted by molar-refractivity contribution is -0.167. The molecule has 5 nitrogen and oxygen atoms in total. The van der Waals surface area contributed by atoms with Crippen LogP contribution in [-0.4, -0.2) is 34.9 Å². The van der Waals surface area contributed by atoms with Crippen molar-refractivity contribution in [2.45, 2.75) is 64.4 Å². The maximum absolute atomic E-state index is 11.2. The van der Waals surface area contributed by atoms with Crippen molar-refractivity contribution in [3.63, 3.8) is 0 Å². The molecule has 0 heterocycles. The molecule has 0 aliphatic rings. The highest BCUT2D eigenvalue weighted by Gasteiger charge is 2.18. The Balaban J connectivity index is 3.45. The van der Waals surface area contributed by atoms with Crippen LogP contribution in [0.3, 0.4) is 0 Å². The molecular formula is C13H24O5. The van der Waals surface area contributed by atoms with Crippen LogP contribution in [0.2, 0.25) is 0 Å². The van der Waals surface area contributed by atoms with E-state index in [4.69, 9.17) is 10.2 Å². The fraction of sp³-hybridized carbons (Fsp3) is 0.846. The van der Waals surface area contributed by atoms with Crippen molar-refractivity contribution in [3.8, 4) is 0 Å². The summed E-state index contributed by atoms with van der Waals surface area (Å²) in [4.78, 5) is 22.1. The number of aliphatic hydroxyl groups excluding tert-OH is 2. The predicted molar refractivity (Wildman–Crippen MR) is 66.8 cm³/mol. The molecule has 0 aliphatic carbocycles. The van der Waals surface area contributed by atoms with Crippen LogP contribution in [0.4, 0.5) is 0 Å². The van der Waals surface area contributed by atoms with Crippen molar-refractivity contribution in [2.24, 2.45) is 0 Å². The molecule has 2 N–H and O–H groups in total. The van der Waals surface area contributed by atoms with E-state index in [0.717, 1.165) is 12.8 Å². The molecule has 0 rings (SSSR count). The van der Waals surface area contributed by atoms with Crippen molar-refractivity contribution < 1.29 is 24.5 Å². The van der Waals surface area contributed by atoms with E-state index in [1.54, 1.807) is 0 Å². The van der Waals surface area contributed by atoms with E-state index in [-0.39, 0.29) is 6.42 Å². The minimum atomic E-state index is -1.62. The molecule has 0 bridgehead atoms. The highest BCUT2D eigenvalue weighted by molar-refractivity contribution is 5.87. The Hall–Kier alpha value is -0.940. The lowest BCUT2D eigenvalue weighted by Gasteiger charge is -2.06. The van der Waals surface area contributed by atoms with E-state index < -0.39 is 24.6 Å². The number of unbranched alkanes of at least 4 members (excludes halogenated alkanes) is 6. The van der Waals surface area contributed by atoms with Gasteiger partial charge in [-0.3, -0.25) is 4.79 Å². The van der Waals surface area contributed by atoms with Gasteiger partial charge in [-0.25, -0.2) is 4.79 Å². The lowest BCUT2D eigenvalue weighted by Crippen LogP contribution is -2.28. The highest BCUT2D eigenvalue weighted by atomic mass is 16.6. The molecule has 1 atom stereocenters. The highest BCUT2D eigenvalue weighted by Crippen LogP contribution is 2.08. The molecular weight excluding hydrogens is 236 g/mol. The molecule has 0 fully saturated rings. The number of carbonyl (C=O) groups excluding carboxylic acids is 2. The van der Waals surface area contributed by atoms with E-state index in [2.05, 4.69) is 11.7 Å². The van der Waals surface area contributed by atoms with Gasteiger partial charge in [0.2, 0.25) is 0 Å². The number of carbonyl (C=O) groups is 2. The number of esters is 2. The van der Waals surface area contributed by atoms with Crippen LogP contribution in [0.25, 0.3) is 0 Å². The maximum Gasteiger partial charge on any atom is 0.345 e. The van der Waals surface area contributed by atoms with Gasteiger partial charge in [0.05, 0.1) is 6.61 Å². The third-order valence-electron chi connectivity index (χ3n) is 2.64. The van der Waals surface area contributed by atoms with E-state index in [0.29, 0.717) is 6.42 Å². The van der Waals surface area contributed by atoms with Gasteiger partial charge in [-0.2, -0.15) is 0 Å². The minimum absolute atomic E-state index is 0.178. The Morgan fingerprint density at radius 2 is 1.61 bits per heavy atom. The van der Waals surface area contributed by atoms with Crippen LogP contribution < -0.4 is 0 Å². The largest absolute Gasteiger partial charge is 0.393 e. The molecule has 0 aromatic rings. The lowest BCUT2D eigenvalue weighted by atomic mass is 10.1. The molecule has 18 heavy (non-hydrogen) atoms. The predicted octanol–water partition coefficient (Wildman–Crippen LogP) is 1.55.